The Labute approximate surface area is 134 Å². The second-order valence-corrected chi connectivity index (χ2v) is 6.27. The van der Waals surface area contributed by atoms with Gasteiger partial charge in [-0.05, 0) is 12.8 Å². The molecule has 126 valence electrons. The van der Waals surface area contributed by atoms with Gasteiger partial charge in [-0.3, -0.25) is 19.3 Å². The van der Waals surface area contributed by atoms with E-state index in [1.807, 2.05) is 0 Å². The zero-order valence-electron chi connectivity index (χ0n) is 13.0. The van der Waals surface area contributed by atoms with Crippen LogP contribution in [0.1, 0.15) is 32.1 Å². The number of ether oxygens (including phenoxy) is 1. The van der Waals surface area contributed by atoms with Gasteiger partial charge in [-0.25, -0.2) is 4.79 Å². The van der Waals surface area contributed by atoms with Crippen LogP contribution in [0.15, 0.2) is 0 Å². The molecule has 3 fully saturated rings. The average molecular weight is 323 g/mol. The Hall–Kier alpha value is -2.12. The van der Waals surface area contributed by atoms with Gasteiger partial charge in [-0.1, -0.05) is 12.8 Å². The number of esters is 1. The summed E-state index contributed by atoms with van der Waals surface area (Å²) in [6, 6.07) is -0.218. The zero-order chi connectivity index (χ0) is 16.4. The number of imide groups is 1. The molecule has 3 aliphatic rings. The molecule has 0 bridgehead atoms. The van der Waals surface area contributed by atoms with E-state index < -0.39 is 30.4 Å². The third kappa shape index (κ3) is 3.30. The smallest absolute Gasteiger partial charge is 0.324 e. The van der Waals surface area contributed by atoms with Gasteiger partial charge in [-0.2, -0.15) is 0 Å². The largest absolute Gasteiger partial charge is 0.455 e. The summed E-state index contributed by atoms with van der Waals surface area (Å²) in [5.74, 6) is -1.59. The highest BCUT2D eigenvalue weighted by atomic mass is 16.5. The summed E-state index contributed by atoms with van der Waals surface area (Å²) in [6.07, 6.45) is 4.38. The molecule has 0 aromatic heterocycles. The van der Waals surface area contributed by atoms with Gasteiger partial charge in [0.05, 0.1) is 5.92 Å². The van der Waals surface area contributed by atoms with E-state index in [1.165, 1.54) is 0 Å². The van der Waals surface area contributed by atoms with Crippen LogP contribution in [0.25, 0.3) is 0 Å². The van der Waals surface area contributed by atoms with Crippen LogP contribution in [0.5, 0.6) is 0 Å². The highest BCUT2D eigenvalue weighted by molar-refractivity contribution is 5.97. The van der Waals surface area contributed by atoms with Crippen molar-refractivity contribution in [1.29, 1.82) is 0 Å². The van der Waals surface area contributed by atoms with Crippen molar-refractivity contribution in [3.63, 3.8) is 0 Å². The lowest BCUT2D eigenvalue weighted by Gasteiger charge is -2.23. The minimum Gasteiger partial charge on any atom is -0.455 e. The number of amides is 4. The molecule has 2 aliphatic heterocycles. The Morgan fingerprint density at radius 1 is 1.22 bits per heavy atom. The molecule has 3 rings (SSSR count). The summed E-state index contributed by atoms with van der Waals surface area (Å²) in [7, 11) is 0. The van der Waals surface area contributed by atoms with E-state index >= 15 is 0 Å². The maximum absolute atomic E-state index is 12.1. The molecule has 23 heavy (non-hydrogen) atoms. The maximum Gasteiger partial charge on any atom is 0.324 e. The summed E-state index contributed by atoms with van der Waals surface area (Å²) < 4.78 is 5.02. The third-order valence-corrected chi connectivity index (χ3v) is 4.75. The van der Waals surface area contributed by atoms with Gasteiger partial charge >= 0.3 is 12.0 Å². The predicted octanol–water partition coefficient (Wildman–Crippen LogP) is -0.127. The lowest BCUT2D eigenvalue weighted by Crippen LogP contribution is -2.38. The first-order valence-corrected chi connectivity index (χ1v) is 8.10. The number of hydrogen-bond donors (Lipinski definition) is 1. The minimum atomic E-state index is -0.537. The fraction of sp³-hybridized carbons (Fsp3) is 0.733. The number of nitrogens with zero attached hydrogens (tertiary/aromatic N) is 2. The van der Waals surface area contributed by atoms with Crippen molar-refractivity contribution < 1.29 is 23.9 Å². The van der Waals surface area contributed by atoms with Crippen LogP contribution >= 0.6 is 0 Å². The monoisotopic (exact) mass is 323 g/mol. The molecule has 0 spiro atoms. The van der Waals surface area contributed by atoms with Crippen molar-refractivity contribution in [2.45, 2.75) is 38.1 Å². The first-order chi connectivity index (χ1) is 11.1. The van der Waals surface area contributed by atoms with Gasteiger partial charge in [0.25, 0.3) is 5.91 Å². The topological polar surface area (TPSA) is 96.0 Å². The highest BCUT2D eigenvalue weighted by Crippen LogP contribution is 2.29. The van der Waals surface area contributed by atoms with Crippen molar-refractivity contribution in [1.82, 2.24) is 15.1 Å². The van der Waals surface area contributed by atoms with E-state index in [2.05, 4.69) is 5.32 Å². The van der Waals surface area contributed by atoms with E-state index in [4.69, 9.17) is 4.74 Å². The van der Waals surface area contributed by atoms with Gasteiger partial charge in [0.1, 0.15) is 0 Å². The van der Waals surface area contributed by atoms with Crippen LogP contribution in [0.4, 0.5) is 4.79 Å². The average Bonchev–Trinajstić information content (AvgIpc) is 3.24. The maximum atomic E-state index is 12.1. The Morgan fingerprint density at radius 2 is 1.96 bits per heavy atom. The molecule has 0 aromatic carbocycles. The molecule has 8 nitrogen and oxygen atoms in total. The van der Waals surface area contributed by atoms with Gasteiger partial charge in [0, 0.05) is 32.1 Å². The number of likely N-dealkylation sites (tertiary alicyclic amines) is 1. The van der Waals surface area contributed by atoms with Gasteiger partial charge in [0.15, 0.2) is 6.61 Å². The van der Waals surface area contributed by atoms with Crippen LogP contribution in [0, 0.1) is 5.92 Å². The molecular weight excluding hydrogens is 302 g/mol. The Bertz CT molecular complexity index is 529. The Kier molecular flexibility index (Phi) is 4.49. The second-order valence-electron chi connectivity index (χ2n) is 6.27. The molecule has 1 atom stereocenters. The van der Waals surface area contributed by atoms with Crippen molar-refractivity contribution in [3.05, 3.63) is 0 Å². The van der Waals surface area contributed by atoms with Gasteiger partial charge < -0.3 is 15.0 Å². The van der Waals surface area contributed by atoms with Crippen LogP contribution in [0.2, 0.25) is 0 Å². The van der Waals surface area contributed by atoms with E-state index in [9.17, 15) is 19.2 Å². The molecule has 1 saturated carbocycles. The van der Waals surface area contributed by atoms with Crippen molar-refractivity contribution >= 4 is 23.8 Å². The Morgan fingerprint density at radius 3 is 2.61 bits per heavy atom. The summed E-state index contributed by atoms with van der Waals surface area (Å²) in [4.78, 5) is 50.1. The standard InChI is InChI=1S/C15H21N3O5/c19-12-7-10(8-18(12)11-3-1-2-4-11)14(21)23-9-13(20)17-6-5-16-15(17)22/h10-11H,1-9H2,(H,16,22)/t10-/m0/s1. The molecule has 0 radical (unpaired) electrons. The summed E-state index contributed by atoms with van der Waals surface area (Å²) >= 11 is 0. The lowest BCUT2D eigenvalue weighted by molar-refractivity contribution is -0.154. The molecule has 2 saturated heterocycles. The molecule has 4 amide bonds. The fourth-order valence-corrected chi connectivity index (χ4v) is 3.50. The molecular formula is C15H21N3O5. The molecule has 1 N–H and O–H groups in total. The van der Waals surface area contributed by atoms with E-state index in [0.29, 0.717) is 13.1 Å². The zero-order valence-corrected chi connectivity index (χ0v) is 13.0. The summed E-state index contributed by atoms with van der Waals surface area (Å²) in [5.41, 5.74) is 0. The minimum absolute atomic E-state index is 0.0101. The first-order valence-electron chi connectivity index (χ1n) is 8.10. The number of rotatable bonds is 4. The third-order valence-electron chi connectivity index (χ3n) is 4.75. The van der Waals surface area contributed by atoms with Crippen LogP contribution in [-0.4, -0.2) is 65.9 Å². The molecule has 2 heterocycles. The van der Waals surface area contributed by atoms with E-state index in [0.717, 1.165) is 30.6 Å². The van der Waals surface area contributed by atoms with Crippen LogP contribution in [0.3, 0.4) is 0 Å². The number of urea groups is 1. The summed E-state index contributed by atoms with van der Waals surface area (Å²) in [5, 5.41) is 2.51. The second kappa shape index (κ2) is 6.55. The molecule has 0 unspecified atom stereocenters. The number of carbonyl (C=O) groups is 4. The Balaban J connectivity index is 1.48. The normalized spacial score (nSPS) is 25.1. The molecule has 8 heteroatoms. The quantitative estimate of drug-likeness (QED) is 0.727. The van der Waals surface area contributed by atoms with E-state index in [1.54, 1.807) is 4.90 Å². The summed E-state index contributed by atoms with van der Waals surface area (Å²) in [6.45, 7) is 0.611. The van der Waals surface area contributed by atoms with Crippen molar-refractivity contribution in [3.8, 4) is 0 Å². The van der Waals surface area contributed by atoms with Gasteiger partial charge in [-0.15, -0.1) is 0 Å². The highest BCUT2D eigenvalue weighted by Gasteiger charge is 2.39. The van der Waals surface area contributed by atoms with Crippen LogP contribution < -0.4 is 5.32 Å². The fourth-order valence-electron chi connectivity index (χ4n) is 3.50. The number of carbonyl (C=O) groups excluding carboxylic acids is 4. The lowest BCUT2D eigenvalue weighted by atomic mass is 10.1. The van der Waals surface area contributed by atoms with Crippen LogP contribution in [-0.2, 0) is 19.1 Å². The van der Waals surface area contributed by atoms with Crippen molar-refractivity contribution in [2.24, 2.45) is 5.92 Å². The SMILES string of the molecule is O=C(OCC(=O)N1CCNC1=O)[C@H]1CC(=O)N(C2CCCC2)C1. The molecule has 0 aromatic rings. The number of hydrogen-bond acceptors (Lipinski definition) is 5. The van der Waals surface area contributed by atoms with E-state index in [-0.39, 0.29) is 24.9 Å². The first kappa shape index (κ1) is 15.8. The molecule has 1 aliphatic carbocycles. The predicted molar refractivity (Wildman–Crippen MR) is 78.1 cm³/mol. The number of nitrogens with one attached hydrogen (secondary N) is 1. The van der Waals surface area contributed by atoms with Gasteiger partial charge in [0.2, 0.25) is 5.91 Å². The van der Waals surface area contributed by atoms with Crippen molar-refractivity contribution in [2.75, 3.05) is 26.2 Å².